The van der Waals surface area contributed by atoms with Crippen molar-refractivity contribution in [2.45, 2.75) is 90.0 Å². The maximum Gasteiger partial charge on any atom is 0.158 e. The lowest BCUT2D eigenvalue weighted by atomic mass is 10.1. The van der Waals surface area contributed by atoms with E-state index in [0.29, 0.717) is 51.1 Å². The highest BCUT2D eigenvalue weighted by Gasteiger charge is 2.07. The molecular formula is C22H39NO6. The number of hydrogen-bond donors (Lipinski definition) is 1. The fraction of sp³-hybridized carbons (Fsp3) is 0.818. The predicted octanol–water partition coefficient (Wildman–Crippen LogP) is 2.95. The molecule has 7 nitrogen and oxygen atoms in total. The topological polar surface area (TPSA) is 113 Å². The van der Waals surface area contributed by atoms with Gasteiger partial charge in [-0.2, -0.15) is 0 Å². The summed E-state index contributed by atoms with van der Waals surface area (Å²) in [5, 5.41) is 0. The van der Waals surface area contributed by atoms with E-state index >= 15 is 0 Å². The van der Waals surface area contributed by atoms with E-state index in [-0.39, 0.29) is 24.8 Å². The third-order valence-corrected chi connectivity index (χ3v) is 4.58. The lowest BCUT2D eigenvalue weighted by Crippen LogP contribution is -2.20. The van der Waals surface area contributed by atoms with Gasteiger partial charge in [-0.1, -0.05) is 19.8 Å². The number of aldehydes is 1. The molecule has 0 saturated heterocycles. The Labute approximate surface area is 175 Å². The SMILES string of the molecule is CCC(=O)CCCCOCCCCC(=O)COCC(=O)CCCCC[C@H](N)C=O. The second kappa shape index (κ2) is 19.9. The lowest BCUT2D eigenvalue weighted by Gasteiger charge is -2.06. The van der Waals surface area contributed by atoms with Gasteiger partial charge in [0.25, 0.3) is 0 Å². The minimum atomic E-state index is -0.408. The number of hydrogen-bond acceptors (Lipinski definition) is 7. The van der Waals surface area contributed by atoms with Gasteiger partial charge in [-0.15, -0.1) is 0 Å². The summed E-state index contributed by atoms with van der Waals surface area (Å²) in [5.74, 6) is 0.286. The molecule has 0 aliphatic heterocycles. The van der Waals surface area contributed by atoms with E-state index in [0.717, 1.165) is 51.2 Å². The lowest BCUT2D eigenvalue weighted by molar-refractivity contribution is -0.129. The molecule has 0 aromatic heterocycles. The largest absolute Gasteiger partial charge is 0.381 e. The maximum absolute atomic E-state index is 11.7. The van der Waals surface area contributed by atoms with Crippen molar-refractivity contribution < 1.29 is 28.7 Å². The van der Waals surface area contributed by atoms with Crippen molar-refractivity contribution in [1.29, 1.82) is 0 Å². The highest BCUT2D eigenvalue weighted by atomic mass is 16.5. The highest BCUT2D eigenvalue weighted by Crippen LogP contribution is 2.05. The number of carbonyl (C=O) groups is 4. The van der Waals surface area contributed by atoms with Crippen LogP contribution in [-0.4, -0.2) is 56.1 Å². The fourth-order valence-corrected chi connectivity index (χ4v) is 2.70. The van der Waals surface area contributed by atoms with Crippen molar-refractivity contribution in [2.75, 3.05) is 26.4 Å². The first-order chi connectivity index (χ1) is 14.0. The van der Waals surface area contributed by atoms with Gasteiger partial charge in [0.2, 0.25) is 0 Å². The third kappa shape index (κ3) is 19.6. The molecule has 29 heavy (non-hydrogen) atoms. The fourth-order valence-electron chi connectivity index (χ4n) is 2.70. The van der Waals surface area contributed by atoms with Gasteiger partial charge in [0.05, 0.1) is 6.04 Å². The monoisotopic (exact) mass is 413 g/mol. The Kier molecular flexibility index (Phi) is 18.9. The smallest absolute Gasteiger partial charge is 0.158 e. The van der Waals surface area contributed by atoms with Gasteiger partial charge >= 0.3 is 0 Å². The van der Waals surface area contributed by atoms with Crippen LogP contribution in [0.2, 0.25) is 0 Å². The molecule has 0 rings (SSSR count). The normalized spacial score (nSPS) is 11.9. The quantitative estimate of drug-likeness (QED) is 0.214. The molecule has 168 valence electrons. The van der Waals surface area contributed by atoms with E-state index < -0.39 is 6.04 Å². The van der Waals surface area contributed by atoms with Crippen LogP contribution in [0.5, 0.6) is 0 Å². The zero-order valence-electron chi connectivity index (χ0n) is 18.0. The molecule has 0 radical (unpaired) electrons. The van der Waals surface area contributed by atoms with Crippen molar-refractivity contribution in [3.05, 3.63) is 0 Å². The van der Waals surface area contributed by atoms with E-state index in [4.69, 9.17) is 15.2 Å². The van der Waals surface area contributed by atoms with Gasteiger partial charge in [0.1, 0.15) is 25.3 Å². The Balaban J connectivity index is 3.39. The van der Waals surface area contributed by atoms with Gasteiger partial charge in [-0.25, -0.2) is 0 Å². The zero-order chi connectivity index (χ0) is 21.7. The van der Waals surface area contributed by atoms with Crippen molar-refractivity contribution in [3.63, 3.8) is 0 Å². The number of nitrogens with two attached hydrogens (primary N) is 1. The molecule has 0 heterocycles. The summed E-state index contributed by atoms with van der Waals surface area (Å²) in [4.78, 5) is 45.0. The predicted molar refractivity (Wildman–Crippen MR) is 112 cm³/mol. The zero-order valence-corrected chi connectivity index (χ0v) is 18.0. The van der Waals surface area contributed by atoms with Crippen LogP contribution in [0, 0.1) is 0 Å². The summed E-state index contributed by atoms with van der Waals surface area (Å²) in [6, 6.07) is -0.408. The van der Waals surface area contributed by atoms with E-state index in [1.165, 1.54) is 0 Å². The van der Waals surface area contributed by atoms with Crippen LogP contribution in [0.1, 0.15) is 84.0 Å². The molecule has 2 N–H and O–H groups in total. The Hall–Kier alpha value is -1.44. The molecule has 0 bridgehead atoms. The van der Waals surface area contributed by atoms with Crippen LogP contribution in [0.4, 0.5) is 0 Å². The summed E-state index contributed by atoms with van der Waals surface area (Å²) in [7, 11) is 0. The Morgan fingerprint density at radius 1 is 0.759 bits per heavy atom. The molecule has 7 heteroatoms. The molecule has 0 aromatic rings. The van der Waals surface area contributed by atoms with Crippen molar-refractivity contribution >= 4 is 23.6 Å². The summed E-state index contributed by atoms with van der Waals surface area (Å²) in [6.07, 6.45) is 9.22. The first-order valence-electron chi connectivity index (χ1n) is 10.9. The van der Waals surface area contributed by atoms with Crippen LogP contribution in [-0.2, 0) is 28.7 Å². The van der Waals surface area contributed by atoms with Gasteiger partial charge in [0.15, 0.2) is 11.6 Å². The number of ketones is 3. The van der Waals surface area contributed by atoms with E-state index in [1.54, 1.807) is 0 Å². The van der Waals surface area contributed by atoms with Crippen LogP contribution in [0.25, 0.3) is 0 Å². The number of rotatable bonds is 22. The van der Waals surface area contributed by atoms with Crippen molar-refractivity contribution in [1.82, 2.24) is 0 Å². The molecular weight excluding hydrogens is 374 g/mol. The summed E-state index contributed by atoms with van der Waals surface area (Å²) >= 11 is 0. The van der Waals surface area contributed by atoms with Crippen LogP contribution < -0.4 is 5.73 Å². The minimum absolute atomic E-state index is 0.00118. The Morgan fingerprint density at radius 2 is 1.28 bits per heavy atom. The van der Waals surface area contributed by atoms with Gasteiger partial charge < -0.3 is 20.0 Å². The average molecular weight is 414 g/mol. The minimum Gasteiger partial charge on any atom is -0.381 e. The molecule has 0 amide bonds. The summed E-state index contributed by atoms with van der Waals surface area (Å²) in [5.41, 5.74) is 5.49. The van der Waals surface area contributed by atoms with E-state index in [1.807, 2.05) is 6.92 Å². The molecule has 0 spiro atoms. The Bertz CT molecular complexity index is 466. The van der Waals surface area contributed by atoms with Gasteiger partial charge in [0, 0.05) is 38.9 Å². The first kappa shape index (κ1) is 27.6. The molecule has 1 atom stereocenters. The average Bonchev–Trinajstić information content (AvgIpc) is 2.71. The Morgan fingerprint density at radius 3 is 1.79 bits per heavy atom. The molecule has 0 aliphatic rings. The number of ether oxygens (including phenoxy) is 2. The molecule has 0 saturated carbocycles. The number of carbonyl (C=O) groups excluding carboxylic acids is 4. The summed E-state index contributed by atoms with van der Waals surface area (Å²) < 4.78 is 10.7. The van der Waals surface area contributed by atoms with E-state index in [2.05, 4.69) is 0 Å². The van der Waals surface area contributed by atoms with E-state index in [9.17, 15) is 19.2 Å². The van der Waals surface area contributed by atoms with Crippen molar-refractivity contribution in [3.8, 4) is 0 Å². The second-order valence-electron chi connectivity index (χ2n) is 7.39. The number of unbranched alkanes of at least 4 members (excludes halogenated alkanes) is 4. The molecule has 0 unspecified atom stereocenters. The standard InChI is InChI=1S/C22H39NO6/c1-2-20(25)11-6-8-14-28-15-9-7-13-22(27)18-29-17-21(26)12-5-3-4-10-19(23)16-24/h16,19H,2-15,17-18,23H2,1H3/t19-/m0/s1. The highest BCUT2D eigenvalue weighted by molar-refractivity contribution is 5.81. The maximum atomic E-state index is 11.7. The van der Waals surface area contributed by atoms with Crippen LogP contribution in [0.15, 0.2) is 0 Å². The van der Waals surface area contributed by atoms with Crippen LogP contribution in [0.3, 0.4) is 0 Å². The van der Waals surface area contributed by atoms with Crippen LogP contribution >= 0.6 is 0 Å². The third-order valence-electron chi connectivity index (χ3n) is 4.58. The number of Topliss-reactive ketones (excluding diaryl/α,β-unsaturated/α-hetero) is 3. The van der Waals surface area contributed by atoms with Gasteiger partial charge in [-0.3, -0.25) is 14.4 Å². The van der Waals surface area contributed by atoms with Gasteiger partial charge in [-0.05, 0) is 38.5 Å². The molecule has 0 fully saturated rings. The molecule has 0 aromatic carbocycles. The first-order valence-corrected chi connectivity index (χ1v) is 10.9. The second-order valence-corrected chi connectivity index (χ2v) is 7.39. The van der Waals surface area contributed by atoms with Crippen molar-refractivity contribution in [2.24, 2.45) is 5.73 Å². The molecule has 0 aliphatic carbocycles. The summed E-state index contributed by atoms with van der Waals surface area (Å²) in [6.45, 7) is 3.10.